The smallest absolute Gasteiger partial charge is 0.322 e. The third kappa shape index (κ3) is 4.63. The van der Waals surface area contributed by atoms with E-state index in [4.69, 9.17) is 9.15 Å². The monoisotopic (exact) mass is 443 g/mol. The van der Waals surface area contributed by atoms with Gasteiger partial charge in [-0.1, -0.05) is 5.10 Å². The molecule has 1 N–H and O–H groups in total. The molecule has 2 unspecified atom stereocenters. The Hall–Kier alpha value is -3.15. The molecule has 1 amide bonds. The highest BCUT2D eigenvalue weighted by Crippen LogP contribution is 2.22. The number of amides is 1. The molecule has 0 bridgehead atoms. The van der Waals surface area contributed by atoms with Crippen molar-refractivity contribution in [1.29, 1.82) is 0 Å². The van der Waals surface area contributed by atoms with Gasteiger partial charge >= 0.3 is 6.01 Å². The predicted molar refractivity (Wildman–Crippen MR) is 111 cm³/mol. The number of carbonyl (C=O) groups excluding carboxylic acids is 1. The quantitative estimate of drug-likeness (QED) is 0.636. The topological polar surface area (TPSA) is 128 Å². The van der Waals surface area contributed by atoms with E-state index >= 15 is 0 Å². The Morgan fingerprint density at radius 1 is 1.10 bits per heavy atom. The fourth-order valence-corrected chi connectivity index (χ4v) is 4.89. The van der Waals surface area contributed by atoms with Crippen LogP contribution in [0.3, 0.4) is 0 Å². The van der Waals surface area contributed by atoms with Gasteiger partial charge in [-0.2, -0.15) is 4.31 Å². The van der Waals surface area contributed by atoms with Gasteiger partial charge in [0, 0.05) is 31.0 Å². The van der Waals surface area contributed by atoms with E-state index in [1.165, 1.54) is 28.6 Å². The summed E-state index contributed by atoms with van der Waals surface area (Å²) in [6, 6.07) is 9.10. The molecule has 11 heteroatoms. The number of aromatic nitrogens is 3. The number of ether oxygens (including phenoxy) is 1. The number of nitrogens with one attached hydrogen (secondary N) is 1. The number of rotatable bonds is 5. The van der Waals surface area contributed by atoms with Gasteiger partial charge in [-0.15, -0.1) is 5.10 Å². The van der Waals surface area contributed by atoms with E-state index < -0.39 is 15.9 Å². The Morgan fingerprint density at radius 3 is 2.45 bits per heavy atom. The number of nitrogens with zero attached hydrogens (tertiary/aromatic N) is 4. The van der Waals surface area contributed by atoms with Crippen LogP contribution >= 0.6 is 0 Å². The summed E-state index contributed by atoms with van der Waals surface area (Å²) in [6.45, 7) is 4.24. The van der Waals surface area contributed by atoms with Crippen LogP contribution in [0.4, 0.5) is 6.01 Å². The average Bonchev–Trinajstić information content (AvgIpc) is 3.22. The minimum atomic E-state index is -3.68. The predicted octanol–water partition coefficient (Wildman–Crippen LogP) is 2.18. The Labute approximate surface area is 179 Å². The molecule has 3 aromatic rings. The maximum absolute atomic E-state index is 12.9. The normalized spacial score (nSPS) is 19.8. The Bertz CT molecular complexity index is 1150. The van der Waals surface area contributed by atoms with E-state index in [1.54, 1.807) is 24.5 Å². The van der Waals surface area contributed by atoms with Gasteiger partial charge in [-0.3, -0.25) is 15.1 Å². The maximum Gasteiger partial charge on any atom is 0.322 e. The number of hydrogen-bond donors (Lipinski definition) is 1. The van der Waals surface area contributed by atoms with Crippen LogP contribution < -0.4 is 5.32 Å². The van der Waals surface area contributed by atoms with Crippen LogP contribution in [0.5, 0.6) is 0 Å². The van der Waals surface area contributed by atoms with E-state index in [2.05, 4.69) is 20.5 Å². The average molecular weight is 443 g/mol. The van der Waals surface area contributed by atoms with Gasteiger partial charge in [0.2, 0.25) is 10.0 Å². The summed E-state index contributed by atoms with van der Waals surface area (Å²) in [7, 11) is -3.68. The molecule has 31 heavy (non-hydrogen) atoms. The molecule has 1 aliphatic rings. The first-order valence-corrected chi connectivity index (χ1v) is 11.1. The highest BCUT2D eigenvalue weighted by Gasteiger charge is 2.32. The first-order valence-electron chi connectivity index (χ1n) is 9.64. The highest BCUT2D eigenvalue weighted by atomic mass is 32.2. The fourth-order valence-electron chi connectivity index (χ4n) is 3.30. The Balaban J connectivity index is 1.45. The number of morpholine rings is 1. The van der Waals surface area contributed by atoms with Crippen molar-refractivity contribution < 1.29 is 22.4 Å². The van der Waals surface area contributed by atoms with Gasteiger partial charge in [0.05, 0.1) is 22.7 Å². The molecule has 1 aliphatic heterocycles. The van der Waals surface area contributed by atoms with Crippen LogP contribution in [-0.4, -0.2) is 59.1 Å². The van der Waals surface area contributed by atoms with E-state index in [0.717, 1.165) is 0 Å². The molecule has 1 aromatic carbocycles. The first-order chi connectivity index (χ1) is 14.8. The number of hydrogen-bond acceptors (Lipinski definition) is 8. The van der Waals surface area contributed by atoms with Crippen molar-refractivity contribution in [2.75, 3.05) is 18.4 Å². The number of anilines is 1. The molecule has 10 nitrogen and oxygen atoms in total. The number of benzene rings is 1. The molecule has 0 radical (unpaired) electrons. The largest absolute Gasteiger partial charge is 0.403 e. The van der Waals surface area contributed by atoms with Crippen molar-refractivity contribution in [1.82, 2.24) is 19.5 Å². The molecular formula is C20H21N5O5S. The van der Waals surface area contributed by atoms with Crippen LogP contribution in [0.15, 0.2) is 58.1 Å². The van der Waals surface area contributed by atoms with Crippen molar-refractivity contribution in [3.63, 3.8) is 0 Å². The molecule has 3 heterocycles. The Morgan fingerprint density at radius 2 is 1.81 bits per heavy atom. The van der Waals surface area contributed by atoms with Gasteiger partial charge in [0.25, 0.3) is 11.8 Å². The molecule has 0 saturated carbocycles. The molecule has 0 aliphatic carbocycles. The van der Waals surface area contributed by atoms with Crippen LogP contribution in [-0.2, 0) is 14.8 Å². The van der Waals surface area contributed by atoms with Crippen LogP contribution in [0.1, 0.15) is 24.2 Å². The third-order valence-electron chi connectivity index (χ3n) is 4.69. The van der Waals surface area contributed by atoms with Crippen molar-refractivity contribution in [3.8, 4) is 11.5 Å². The third-order valence-corrected chi connectivity index (χ3v) is 6.54. The van der Waals surface area contributed by atoms with Crippen LogP contribution in [0.25, 0.3) is 11.5 Å². The highest BCUT2D eigenvalue weighted by molar-refractivity contribution is 7.89. The standard InChI is InChI=1S/C20H21N5O5S/c1-13-11-25(12-14(2)29-13)31(27,28)17-7-5-15(6-8-17)18(26)22-20-24-23-19(30-20)16-4-3-9-21-10-16/h3-10,13-14H,11-12H2,1-2H3,(H,22,24,26). The number of sulfonamides is 1. The zero-order valence-electron chi connectivity index (χ0n) is 16.9. The van der Waals surface area contributed by atoms with Crippen molar-refractivity contribution in [2.45, 2.75) is 31.0 Å². The second kappa shape index (κ2) is 8.53. The molecular weight excluding hydrogens is 422 g/mol. The zero-order valence-corrected chi connectivity index (χ0v) is 17.7. The minimum absolute atomic E-state index is 0.0724. The zero-order chi connectivity index (χ0) is 22.0. The minimum Gasteiger partial charge on any atom is -0.403 e. The number of pyridine rings is 1. The summed E-state index contributed by atoms with van der Waals surface area (Å²) in [6.07, 6.45) is 2.81. The second-order valence-electron chi connectivity index (χ2n) is 7.21. The second-order valence-corrected chi connectivity index (χ2v) is 9.15. The van der Waals surface area contributed by atoms with E-state index in [1.807, 2.05) is 13.8 Å². The van der Waals surface area contributed by atoms with Gasteiger partial charge in [0.1, 0.15) is 0 Å². The van der Waals surface area contributed by atoms with Gasteiger partial charge in [0.15, 0.2) is 0 Å². The SMILES string of the molecule is CC1CN(S(=O)(=O)c2ccc(C(=O)Nc3nnc(-c4cccnc4)o3)cc2)CC(C)O1. The number of carbonyl (C=O) groups is 1. The van der Waals surface area contributed by atoms with Crippen molar-refractivity contribution in [3.05, 3.63) is 54.4 Å². The van der Waals surface area contributed by atoms with E-state index in [0.29, 0.717) is 5.56 Å². The van der Waals surface area contributed by atoms with Crippen LogP contribution in [0, 0.1) is 0 Å². The van der Waals surface area contributed by atoms with Gasteiger partial charge in [-0.25, -0.2) is 8.42 Å². The maximum atomic E-state index is 12.9. The summed E-state index contributed by atoms with van der Waals surface area (Å²) in [4.78, 5) is 16.6. The molecule has 0 spiro atoms. The van der Waals surface area contributed by atoms with Gasteiger partial charge < -0.3 is 9.15 Å². The summed E-state index contributed by atoms with van der Waals surface area (Å²) in [5, 5.41) is 10.2. The van der Waals surface area contributed by atoms with Crippen molar-refractivity contribution >= 4 is 21.9 Å². The lowest BCUT2D eigenvalue weighted by Crippen LogP contribution is -2.48. The summed E-state index contributed by atoms with van der Waals surface area (Å²) < 4.78 is 38.3. The summed E-state index contributed by atoms with van der Waals surface area (Å²) in [5.41, 5.74) is 0.876. The lowest BCUT2D eigenvalue weighted by Gasteiger charge is -2.34. The fraction of sp³-hybridized carbons (Fsp3) is 0.300. The lowest BCUT2D eigenvalue weighted by atomic mass is 10.2. The molecule has 162 valence electrons. The Kier molecular flexibility index (Phi) is 5.81. The van der Waals surface area contributed by atoms with E-state index in [-0.39, 0.29) is 47.7 Å². The van der Waals surface area contributed by atoms with Crippen molar-refractivity contribution in [2.24, 2.45) is 0 Å². The molecule has 2 atom stereocenters. The van der Waals surface area contributed by atoms with Crippen LogP contribution in [0.2, 0.25) is 0 Å². The molecule has 1 fully saturated rings. The molecule has 1 saturated heterocycles. The first kappa shape index (κ1) is 21.1. The van der Waals surface area contributed by atoms with Gasteiger partial charge in [-0.05, 0) is 50.2 Å². The van der Waals surface area contributed by atoms with E-state index in [9.17, 15) is 13.2 Å². The molecule has 4 rings (SSSR count). The molecule has 2 aromatic heterocycles. The lowest BCUT2D eigenvalue weighted by molar-refractivity contribution is -0.0440. The summed E-state index contributed by atoms with van der Waals surface area (Å²) >= 11 is 0. The summed E-state index contributed by atoms with van der Waals surface area (Å²) in [5.74, 6) is -0.280.